The minimum absolute atomic E-state index is 0.208. The molecule has 0 radical (unpaired) electrons. The fraction of sp³-hybridized carbons (Fsp3) is 0.103. The van der Waals surface area contributed by atoms with E-state index in [0.29, 0.717) is 0 Å². The van der Waals surface area contributed by atoms with E-state index in [1.807, 2.05) is 12.1 Å². The van der Waals surface area contributed by atoms with Crippen LogP contribution in [0.5, 0.6) is 0 Å². The number of furan rings is 1. The molecule has 3 heteroatoms. The molecule has 0 spiro atoms. The third-order valence-electron chi connectivity index (χ3n) is 13.6. The molecule has 0 bridgehead atoms. The molecule has 9 aromatic carbocycles. The van der Waals surface area contributed by atoms with Crippen LogP contribution in [0.15, 0.2) is 199 Å². The van der Waals surface area contributed by atoms with Gasteiger partial charge in [-0.15, -0.1) is 0 Å². The summed E-state index contributed by atoms with van der Waals surface area (Å²) < 4.78 is 6.43. The summed E-state index contributed by atoms with van der Waals surface area (Å²) in [6, 6.07) is 71.2. The summed E-state index contributed by atoms with van der Waals surface area (Å²) in [4.78, 5) is 4.90. The summed E-state index contributed by atoms with van der Waals surface area (Å²) in [7, 11) is 0. The Kier molecular flexibility index (Phi) is 7.62. The SMILES string of the molecule is CC1(C)c2ccccc2N(c2ccc(-c3cccc4c3oc3ccccc34)cc2)c2ccc(-c3ccc4c(c3)C(C)(C)c3ccccc3N4c3ccc4ccccc4c3)cc21. The van der Waals surface area contributed by atoms with Crippen molar-refractivity contribution in [3.63, 3.8) is 0 Å². The molecule has 0 fully saturated rings. The second kappa shape index (κ2) is 13.1. The molecule has 0 N–H and O–H groups in total. The van der Waals surface area contributed by atoms with Gasteiger partial charge in [0.05, 0.1) is 22.7 Å². The van der Waals surface area contributed by atoms with Crippen molar-refractivity contribution < 1.29 is 4.42 Å². The van der Waals surface area contributed by atoms with Crippen molar-refractivity contribution in [1.82, 2.24) is 0 Å². The lowest BCUT2D eigenvalue weighted by atomic mass is 9.71. The predicted octanol–water partition coefficient (Wildman–Crippen LogP) is 16.3. The summed E-state index contributed by atoms with van der Waals surface area (Å²) in [6.07, 6.45) is 0. The number of nitrogens with zero attached hydrogens (tertiary/aromatic N) is 2. The molecular formula is C58H44N2O. The largest absolute Gasteiger partial charge is 0.455 e. The lowest BCUT2D eigenvalue weighted by molar-refractivity contribution is 0.631. The minimum atomic E-state index is -0.228. The van der Waals surface area contributed by atoms with Crippen molar-refractivity contribution in [2.24, 2.45) is 0 Å². The van der Waals surface area contributed by atoms with Gasteiger partial charge in [-0.1, -0.05) is 155 Å². The van der Waals surface area contributed by atoms with Crippen LogP contribution in [-0.4, -0.2) is 0 Å². The third-order valence-corrected chi connectivity index (χ3v) is 13.6. The smallest absolute Gasteiger partial charge is 0.143 e. The zero-order chi connectivity index (χ0) is 41.0. The van der Waals surface area contributed by atoms with Crippen molar-refractivity contribution in [2.75, 3.05) is 9.80 Å². The highest BCUT2D eigenvalue weighted by Crippen LogP contribution is 2.55. The van der Waals surface area contributed by atoms with Gasteiger partial charge in [0.25, 0.3) is 0 Å². The van der Waals surface area contributed by atoms with E-state index in [4.69, 9.17) is 4.42 Å². The van der Waals surface area contributed by atoms with Crippen LogP contribution in [0.2, 0.25) is 0 Å². The number of hydrogen-bond donors (Lipinski definition) is 0. The number of hydrogen-bond acceptors (Lipinski definition) is 3. The second-order valence-corrected chi connectivity index (χ2v) is 17.8. The molecule has 12 rings (SSSR count). The average Bonchev–Trinajstić information content (AvgIpc) is 3.68. The van der Waals surface area contributed by atoms with Crippen molar-refractivity contribution in [3.05, 3.63) is 216 Å². The van der Waals surface area contributed by atoms with Gasteiger partial charge in [0.1, 0.15) is 11.2 Å². The fourth-order valence-corrected chi connectivity index (χ4v) is 10.4. The highest BCUT2D eigenvalue weighted by atomic mass is 16.3. The van der Waals surface area contributed by atoms with Gasteiger partial charge in [-0.25, -0.2) is 0 Å². The van der Waals surface area contributed by atoms with E-state index in [1.54, 1.807) is 0 Å². The molecule has 0 saturated carbocycles. The molecule has 0 unspecified atom stereocenters. The van der Waals surface area contributed by atoms with E-state index < -0.39 is 0 Å². The summed E-state index contributed by atoms with van der Waals surface area (Å²) >= 11 is 0. The van der Waals surface area contributed by atoms with E-state index in [2.05, 4.69) is 219 Å². The van der Waals surface area contributed by atoms with Gasteiger partial charge in [-0.2, -0.15) is 0 Å². The first kappa shape index (κ1) is 35.6. The number of para-hydroxylation sites is 4. The fourth-order valence-electron chi connectivity index (χ4n) is 10.4. The van der Waals surface area contributed by atoms with Crippen molar-refractivity contribution in [1.29, 1.82) is 0 Å². The van der Waals surface area contributed by atoms with Gasteiger partial charge in [0.2, 0.25) is 0 Å². The second-order valence-electron chi connectivity index (χ2n) is 17.8. The number of anilines is 6. The molecule has 0 amide bonds. The monoisotopic (exact) mass is 784 g/mol. The minimum Gasteiger partial charge on any atom is -0.455 e. The normalized spacial score (nSPS) is 14.8. The molecule has 2 aliphatic heterocycles. The number of fused-ring (bicyclic) bond motifs is 8. The van der Waals surface area contributed by atoms with Crippen LogP contribution in [0, 0.1) is 0 Å². The van der Waals surface area contributed by atoms with E-state index in [-0.39, 0.29) is 10.8 Å². The zero-order valence-electron chi connectivity index (χ0n) is 34.8. The maximum Gasteiger partial charge on any atom is 0.143 e. The van der Waals surface area contributed by atoms with E-state index in [9.17, 15) is 0 Å². The standard InChI is InChI=1S/C58H44N2O/c1-57(2)47-19-8-10-21-51(47)59(42-29-25-38(26-30-42)44-17-13-18-46-45-16-7-12-23-55(45)61-56(44)46)53-32-27-40(35-49(53)57)41-28-33-54-50(36-41)58(3,4)48-20-9-11-22-52(48)60(54)43-31-24-37-14-5-6-15-39(37)34-43/h5-36H,1-4H3. The molecule has 292 valence electrons. The first-order valence-corrected chi connectivity index (χ1v) is 21.3. The molecule has 3 heterocycles. The van der Waals surface area contributed by atoms with Gasteiger partial charge >= 0.3 is 0 Å². The summed E-state index contributed by atoms with van der Waals surface area (Å²) in [6.45, 7) is 9.49. The Hall–Kier alpha value is -7.36. The van der Waals surface area contributed by atoms with Gasteiger partial charge in [0.15, 0.2) is 0 Å². The van der Waals surface area contributed by atoms with Crippen molar-refractivity contribution >= 4 is 66.8 Å². The van der Waals surface area contributed by atoms with Crippen molar-refractivity contribution in [3.8, 4) is 22.3 Å². The van der Waals surface area contributed by atoms with Crippen LogP contribution in [-0.2, 0) is 10.8 Å². The molecule has 1 aromatic heterocycles. The van der Waals surface area contributed by atoms with Crippen LogP contribution in [0.1, 0.15) is 49.9 Å². The maximum atomic E-state index is 6.43. The van der Waals surface area contributed by atoms with Crippen LogP contribution in [0.4, 0.5) is 34.1 Å². The maximum absolute atomic E-state index is 6.43. The van der Waals surface area contributed by atoms with Gasteiger partial charge in [-0.3, -0.25) is 0 Å². The predicted molar refractivity (Wildman–Crippen MR) is 256 cm³/mol. The topological polar surface area (TPSA) is 19.6 Å². The molecule has 61 heavy (non-hydrogen) atoms. The summed E-state index contributed by atoms with van der Waals surface area (Å²) in [5, 5.41) is 4.78. The molecule has 0 atom stereocenters. The van der Waals surface area contributed by atoms with Gasteiger partial charge < -0.3 is 14.2 Å². The summed E-state index contributed by atoms with van der Waals surface area (Å²) in [5.74, 6) is 0. The summed E-state index contributed by atoms with van der Waals surface area (Å²) in [5.41, 5.74) is 18.5. The first-order valence-electron chi connectivity index (χ1n) is 21.3. The Morgan fingerprint density at radius 2 is 0.869 bits per heavy atom. The molecule has 2 aliphatic rings. The lowest BCUT2D eigenvalue weighted by Gasteiger charge is -2.43. The zero-order valence-corrected chi connectivity index (χ0v) is 34.8. The quantitative estimate of drug-likeness (QED) is 0.177. The molecule has 0 aliphatic carbocycles. The van der Waals surface area contributed by atoms with E-state index in [0.717, 1.165) is 38.8 Å². The van der Waals surface area contributed by atoms with Gasteiger partial charge in [0, 0.05) is 38.5 Å². The first-order chi connectivity index (χ1) is 29.8. The Balaban J connectivity index is 0.964. The molecule has 10 aromatic rings. The van der Waals surface area contributed by atoms with Crippen LogP contribution in [0.3, 0.4) is 0 Å². The van der Waals surface area contributed by atoms with Crippen LogP contribution < -0.4 is 9.80 Å². The van der Waals surface area contributed by atoms with E-state index >= 15 is 0 Å². The van der Waals surface area contributed by atoms with E-state index in [1.165, 1.54) is 72.6 Å². The van der Waals surface area contributed by atoms with Crippen LogP contribution in [0.25, 0.3) is 55.0 Å². The number of benzene rings is 9. The molecule has 3 nitrogen and oxygen atoms in total. The Morgan fingerprint density at radius 3 is 1.54 bits per heavy atom. The van der Waals surface area contributed by atoms with Crippen molar-refractivity contribution in [2.45, 2.75) is 38.5 Å². The molecule has 0 saturated heterocycles. The van der Waals surface area contributed by atoms with Crippen LogP contribution >= 0.6 is 0 Å². The highest BCUT2D eigenvalue weighted by molar-refractivity contribution is 6.09. The van der Waals surface area contributed by atoms with Gasteiger partial charge in [-0.05, 0) is 116 Å². The Morgan fingerprint density at radius 1 is 0.361 bits per heavy atom. The Bertz CT molecular complexity index is 3390. The molecular weight excluding hydrogens is 741 g/mol. The average molecular weight is 785 g/mol. The number of rotatable bonds is 4. The Labute approximate surface area is 356 Å². The third kappa shape index (κ3) is 5.30. The lowest BCUT2D eigenvalue weighted by Crippen LogP contribution is -2.31. The highest BCUT2D eigenvalue weighted by Gasteiger charge is 2.39.